The van der Waals surface area contributed by atoms with Crippen LogP contribution in [0.3, 0.4) is 0 Å². The Morgan fingerprint density at radius 1 is 1.04 bits per heavy atom. The van der Waals surface area contributed by atoms with E-state index in [-0.39, 0.29) is 5.91 Å². The van der Waals surface area contributed by atoms with Gasteiger partial charge in [0.15, 0.2) is 0 Å². The van der Waals surface area contributed by atoms with Gasteiger partial charge < -0.3 is 20.1 Å². The minimum Gasteiger partial charge on any atom is -0.368 e. The fraction of sp³-hybridized carbons (Fsp3) is 0.238. The number of amides is 2. The largest absolute Gasteiger partial charge is 0.368 e. The van der Waals surface area contributed by atoms with Gasteiger partial charge in [-0.25, -0.2) is 0 Å². The molecule has 4 rings (SSSR count). The van der Waals surface area contributed by atoms with E-state index in [2.05, 4.69) is 15.2 Å². The van der Waals surface area contributed by atoms with E-state index < -0.39 is 0 Å². The summed E-state index contributed by atoms with van der Waals surface area (Å²) in [5.41, 5.74) is 3.93. The monoisotopic (exact) mass is 362 g/mol. The molecule has 0 radical (unpaired) electrons. The summed E-state index contributed by atoms with van der Waals surface area (Å²) >= 11 is 0. The molecule has 0 unspecified atom stereocenters. The van der Waals surface area contributed by atoms with Crippen molar-refractivity contribution in [1.29, 1.82) is 0 Å². The molecule has 2 N–H and O–H groups in total. The molecule has 1 fully saturated rings. The Balaban J connectivity index is 1.37. The number of benzene rings is 2. The summed E-state index contributed by atoms with van der Waals surface area (Å²) in [6.07, 6.45) is 3.13. The molecule has 2 amide bonds. The second kappa shape index (κ2) is 7.53. The molecule has 0 saturated carbocycles. The number of H-pyrrole nitrogens is 1. The van der Waals surface area contributed by atoms with Gasteiger partial charge in [0.2, 0.25) is 12.3 Å². The van der Waals surface area contributed by atoms with Crippen molar-refractivity contribution in [2.75, 3.05) is 36.4 Å². The molecular weight excluding hydrogens is 340 g/mol. The molecule has 2 aromatic carbocycles. The number of aromatic amines is 1. The molecule has 138 valence electrons. The molecule has 1 aliphatic heterocycles. The van der Waals surface area contributed by atoms with E-state index in [0.29, 0.717) is 6.42 Å². The Morgan fingerprint density at radius 3 is 2.52 bits per heavy atom. The third-order valence-electron chi connectivity index (χ3n) is 5.01. The van der Waals surface area contributed by atoms with Gasteiger partial charge >= 0.3 is 0 Å². The summed E-state index contributed by atoms with van der Waals surface area (Å²) in [6, 6.07) is 15.9. The molecule has 6 heteroatoms. The lowest BCUT2D eigenvalue weighted by Gasteiger charge is -2.34. The van der Waals surface area contributed by atoms with Crippen LogP contribution >= 0.6 is 0 Å². The second-order valence-electron chi connectivity index (χ2n) is 6.76. The fourth-order valence-corrected chi connectivity index (χ4v) is 3.50. The summed E-state index contributed by atoms with van der Waals surface area (Å²) in [4.78, 5) is 30.4. The molecule has 0 aliphatic carbocycles. The van der Waals surface area contributed by atoms with Gasteiger partial charge in [-0.15, -0.1) is 0 Å². The van der Waals surface area contributed by atoms with Crippen molar-refractivity contribution in [3.05, 3.63) is 60.3 Å². The van der Waals surface area contributed by atoms with Crippen molar-refractivity contribution < 1.29 is 9.59 Å². The van der Waals surface area contributed by atoms with Gasteiger partial charge in [0.25, 0.3) is 0 Å². The molecule has 0 atom stereocenters. The first-order chi connectivity index (χ1) is 13.2. The number of hydrogen-bond acceptors (Lipinski definition) is 3. The summed E-state index contributed by atoms with van der Waals surface area (Å²) < 4.78 is 0. The maximum absolute atomic E-state index is 12.4. The van der Waals surface area contributed by atoms with Gasteiger partial charge in [0.1, 0.15) is 0 Å². The van der Waals surface area contributed by atoms with Crippen molar-refractivity contribution in [3.8, 4) is 0 Å². The molecule has 3 aromatic rings. The number of rotatable bonds is 5. The first-order valence-electron chi connectivity index (χ1n) is 9.12. The first-order valence-corrected chi connectivity index (χ1v) is 9.12. The summed E-state index contributed by atoms with van der Waals surface area (Å²) in [6.45, 7) is 3.13. The highest BCUT2D eigenvalue weighted by molar-refractivity contribution is 5.95. The summed E-state index contributed by atoms with van der Waals surface area (Å²) in [5.74, 6) is -0.0351. The molecule has 0 bridgehead atoms. The van der Waals surface area contributed by atoms with E-state index in [1.54, 1.807) is 4.90 Å². The van der Waals surface area contributed by atoms with E-state index >= 15 is 0 Å². The fourth-order valence-electron chi connectivity index (χ4n) is 3.50. The van der Waals surface area contributed by atoms with Crippen molar-refractivity contribution >= 4 is 34.6 Å². The highest BCUT2D eigenvalue weighted by atomic mass is 16.1. The van der Waals surface area contributed by atoms with Crippen molar-refractivity contribution in [2.24, 2.45) is 0 Å². The highest BCUT2D eigenvalue weighted by Crippen LogP contribution is 2.21. The summed E-state index contributed by atoms with van der Waals surface area (Å²) in [7, 11) is 0. The quantitative estimate of drug-likeness (QED) is 0.686. The number of nitrogens with one attached hydrogen (secondary N) is 2. The predicted octanol–water partition coefficient (Wildman–Crippen LogP) is 2.63. The third kappa shape index (κ3) is 3.79. The van der Waals surface area contributed by atoms with Gasteiger partial charge in [-0.2, -0.15) is 0 Å². The molecule has 1 aliphatic rings. The molecule has 1 aromatic heterocycles. The number of para-hydroxylation sites is 1. The van der Waals surface area contributed by atoms with Crippen molar-refractivity contribution in [2.45, 2.75) is 6.42 Å². The molecule has 27 heavy (non-hydrogen) atoms. The van der Waals surface area contributed by atoms with Crippen LogP contribution in [0.2, 0.25) is 0 Å². The maximum atomic E-state index is 12.4. The zero-order chi connectivity index (χ0) is 18.6. The van der Waals surface area contributed by atoms with Crippen molar-refractivity contribution in [1.82, 2.24) is 9.88 Å². The lowest BCUT2D eigenvalue weighted by atomic mass is 10.1. The molecule has 0 spiro atoms. The van der Waals surface area contributed by atoms with Crippen LogP contribution < -0.4 is 10.2 Å². The number of nitrogens with zero attached hydrogens (tertiary/aromatic N) is 2. The predicted molar refractivity (Wildman–Crippen MR) is 107 cm³/mol. The van der Waals surface area contributed by atoms with E-state index in [9.17, 15) is 9.59 Å². The van der Waals surface area contributed by atoms with Crippen LogP contribution in [0.25, 0.3) is 10.9 Å². The van der Waals surface area contributed by atoms with Crippen LogP contribution in [0.4, 0.5) is 11.4 Å². The van der Waals surface area contributed by atoms with Gasteiger partial charge in [0.05, 0.1) is 6.42 Å². The van der Waals surface area contributed by atoms with E-state index in [1.165, 1.54) is 0 Å². The van der Waals surface area contributed by atoms with E-state index in [1.807, 2.05) is 54.7 Å². The maximum Gasteiger partial charge on any atom is 0.228 e. The minimum absolute atomic E-state index is 0.0351. The Bertz CT molecular complexity index is 940. The molecular formula is C21H22N4O2. The Hall–Kier alpha value is -3.28. The number of carbonyl (C=O) groups excluding carboxylic acids is 2. The second-order valence-corrected chi connectivity index (χ2v) is 6.76. The lowest BCUT2D eigenvalue weighted by Crippen LogP contribution is -2.45. The normalized spacial score (nSPS) is 14.4. The number of anilines is 2. The SMILES string of the molecule is O=CN1CCN(c2ccc(NC(=O)Cc3c[nH]c4ccccc34)cc2)CC1. The Labute approximate surface area is 157 Å². The Kier molecular flexibility index (Phi) is 4.78. The van der Waals surface area contributed by atoms with Gasteiger partial charge in [-0.3, -0.25) is 9.59 Å². The average molecular weight is 362 g/mol. The topological polar surface area (TPSA) is 68.4 Å². The molecule has 1 saturated heterocycles. The standard InChI is InChI=1S/C21H22N4O2/c26-15-24-9-11-25(12-10-24)18-7-5-17(6-8-18)23-21(27)13-16-14-22-20-4-2-1-3-19(16)20/h1-8,14-15,22H,9-13H2,(H,23,27). The first kappa shape index (κ1) is 17.1. The Morgan fingerprint density at radius 2 is 1.78 bits per heavy atom. The summed E-state index contributed by atoms with van der Waals surface area (Å²) in [5, 5.41) is 4.05. The van der Waals surface area contributed by atoms with Crippen LogP contribution in [-0.4, -0.2) is 48.4 Å². The van der Waals surface area contributed by atoms with Gasteiger partial charge in [0, 0.05) is 54.7 Å². The van der Waals surface area contributed by atoms with Crippen LogP contribution in [0.5, 0.6) is 0 Å². The van der Waals surface area contributed by atoms with E-state index in [4.69, 9.17) is 0 Å². The van der Waals surface area contributed by atoms with Crippen LogP contribution in [0, 0.1) is 0 Å². The number of fused-ring (bicyclic) bond motifs is 1. The van der Waals surface area contributed by atoms with Crippen molar-refractivity contribution in [3.63, 3.8) is 0 Å². The highest BCUT2D eigenvalue weighted by Gasteiger charge is 2.15. The van der Waals surface area contributed by atoms with Crippen LogP contribution in [0.15, 0.2) is 54.7 Å². The minimum atomic E-state index is -0.0351. The lowest BCUT2D eigenvalue weighted by molar-refractivity contribution is -0.118. The molecule has 6 nitrogen and oxygen atoms in total. The smallest absolute Gasteiger partial charge is 0.228 e. The number of carbonyl (C=O) groups is 2. The van der Waals surface area contributed by atoms with E-state index in [0.717, 1.165) is 60.4 Å². The third-order valence-corrected chi connectivity index (χ3v) is 5.01. The number of hydrogen-bond donors (Lipinski definition) is 2. The molecule has 2 heterocycles. The van der Waals surface area contributed by atoms with Gasteiger partial charge in [-0.1, -0.05) is 18.2 Å². The zero-order valence-electron chi connectivity index (χ0n) is 15.0. The number of aromatic nitrogens is 1. The average Bonchev–Trinajstić information content (AvgIpc) is 3.11. The van der Waals surface area contributed by atoms with Crippen LogP contribution in [0.1, 0.15) is 5.56 Å². The van der Waals surface area contributed by atoms with Crippen LogP contribution in [-0.2, 0) is 16.0 Å². The van der Waals surface area contributed by atoms with Gasteiger partial charge in [-0.05, 0) is 35.9 Å². The number of piperazine rings is 1. The zero-order valence-corrected chi connectivity index (χ0v) is 15.0.